The lowest BCUT2D eigenvalue weighted by molar-refractivity contribution is 0.0994. The number of carbonyl (C=O) groups excluding carboxylic acids is 1. The van der Waals surface area contributed by atoms with E-state index in [4.69, 9.17) is 5.73 Å². The third-order valence-corrected chi connectivity index (χ3v) is 4.12. The van der Waals surface area contributed by atoms with Crippen molar-refractivity contribution in [1.82, 2.24) is 9.97 Å². The normalized spacial score (nSPS) is 12.2. The zero-order valence-corrected chi connectivity index (χ0v) is 13.5. The molecular formula is C14H14BrN3OS. The molecule has 0 bridgehead atoms. The van der Waals surface area contributed by atoms with E-state index in [9.17, 15) is 4.79 Å². The molecule has 0 aliphatic carbocycles. The molecule has 0 spiro atoms. The van der Waals surface area contributed by atoms with Gasteiger partial charge in [0.25, 0.3) is 0 Å². The molecule has 104 valence electrons. The average molecular weight is 352 g/mol. The fourth-order valence-corrected chi connectivity index (χ4v) is 2.86. The maximum absolute atomic E-state index is 12.3. The van der Waals surface area contributed by atoms with Crippen molar-refractivity contribution in [3.63, 3.8) is 0 Å². The van der Waals surface area contributed by atoms with Gasteiger partial charge in [0.1, 0.15) is 5.82 Å². The first kappa shape index (κ1) is 15.0. The molecule has 2 aromatic rings. The highest BCUT2D eigenvalue weighted by molar-refractivity contribution is 9.10. The van der Waals surface area contributed by atoms with Crippen LogP contribution in [0.1, 0.15) is 23.0 Å². The van der Waals surface area contributed by atoms with Gasteiger partial charge in [0.15, 0.2) is 10.9 Å². The highest BCUT2D eigenvalue weighted by Crippen LogP contribution is 2.24. The Labute approximate surface area is 130 Å². The number of anilines is 1. The maximum Gasteiger partial charge on any atom is 0.190 e. The van der Waals surface area contributed by atoms with Crippen LogP contribution in [0.5, 0.6) is 0 Å². The standard InChI is InChI=1S/C14H14BrN3OS/c1-8-7-12(16)18-14(17-8)20-9(2)13(19)10-3-5-11(15)6-4-10/h3-7,9H,1-2H3,(H2,16,17,18). The molecule has 0 saturated heterocycles. The number of ketones is 1. The lowest BCUT2D eigenvalue weighted by atomic mass is 10.1. The number of Topliss-reactive ketones (excluding diaryl/α,β-unsaturated/α-hetero) is 1. The number of nitrogen functional groups attached to an aromatic ring is 1. The molecule has 0 radical (unpaired) electrons. The summed E-state index contributed by atoms with van der Waals surface area (Å²) in [5.74, 6) is 0.467. The predicted octanol–water partition coefficient (Wildman–Crippen LogP) is 3.49. The Morgan fingerprint density at radius 2 is 1.95 bits per heavy atom. The SMILES string of the molecule is Cc1cc(N)nc(SC(C)C(=O)c2ccc(Br)cc2)n1. The van der Waals surface area contributed by atoms with Crippen LogP contribution in [0.4, 0.5) is 5.82 Å². The second-order valence-corrected chi connectivity index (χ2v) is 6.57. The zero-order chi connectivity index (χ0) is 14.7. The summed E-state index contributed by atoms with van der Waals surface area (Å²) in [5, 5.41) is 0.262. The summed E-state index contributed by atoms with van der Waals surface area (Å²) in [6, 6.07) is 9.01. The Morgan fingerprint density at radius 1 is 1.30 bits per heavy atom. The van der Waals surface area contributed by atoms with Gasteiger partial charge < -0.3 is 5.73 Å². The number of benzene rings is 1. The van der Waals surface area contributed by atoms with Crippen LogP contribution in [0.25, 0.3) is 0 Å². The molecule has 0 fully saturated rings. The molecule has 2 rings (SSSR count). The molecule has 2 N–H and O–H groups in total. The first-order valence-electron chi connectivity index (χ1n) is 6.03. The minimum absolute atomic E-state index is 0.0474. The summed E-state index contributed by atoms with van der Waals surface area (Å²) < 4.78 is 0.948. The highest BCUT2D eigenvalue weighted by atomic mass is 79.9. The number of nitrogens with two attached hydrogens (primary N) is 1. The fourth-order valence-electron chi connectivity index (χ4n) is 1.68. The van der Waals surface area contributed by atoms with Gasteiger partial charge in [-0.25, -0.2) is 9.97 Å². The number of hydrogen-bond acceptors (Lipinski definition) is 5. The summed E-state index contributed by atoms with van der Waals surface area (Å²) in [6.45, 7) is 3.69. The van der Waals surface area contributed by atoms with Gasteiger partial charge in [-0.3, -0.25) is 4.79 Å². The molecule has 0 aliphatic rings. The van der Waals surface area contributed by atoms with E-state index in [0.29, 0.717) is 16.5 Å². The molecular weight excluding hydrogens is 338 g/mol. The predicted molar refractivity (Wildman–Crippen MR) is 85.0 cm³/mol. The molecule has 1 unspecified atom stereocenters. The van der Waals surface area contributed by atoms with Crippen molar-refractivity contribution in [2.45, 2.75) is 24.3 Å². The van der Waals surface area contributed by atoms with Crippen molar-refractivity contribution in [3.8, 4) is 0 Å². The van der Waals surface area contributed by atoms with Crippen molar-refractivity contribution in [2.75, 3.05) is 5.73 Å². The number of thioether (sulfide) groups is 1. The van der Waals surface area contributed by atoms with Gasteiger partial charge >= 0.3 is 0 Å². The van der Waals surface area contributed by atoms with Crippen molar-refractivity contribution in [3.05, 3.63) is 46.1 Å². The second kappa shape index (κ2) is 6.37. The van der Waals surface area contributed by atoms with E-state index in [0.717, 1.165) is 10.2 Å². The minimum Gasteiger partial charge on any atom is -0.384 e. The van der Waals surface area contributed by atoms with Gasteiger partial charge in [-0.05, 0) is 26.0 Å². The molecule has 4 nitrogen and oxygen atoms in total. The fraction of sp³-hybridized carbons (Fsp3) is 0.214. The molecule has 0 amide bonds. The third-order valence-electron chi connectivity index (χ3n) is 2.63. The average Bonchev–Trinajstić information content (AvgIpc) is 2.37. The summed E-state index contributed by atoms with van der Waals surface area (Å²) in [5.41, 5.74) is 7.15. The highest BCUT2D eigenvalue weighted by Gasteiger charge is 2.18. The summed E-state index contributed by atoms with van der Waals surface area (Å²) in [7, 11) is 0. The number of hydrogen-bond donors (Lipinski definition) is 1. The number of rotatable bonds is 4. The Bertz CT molecular complexity index is 611. The Hall–Kier alpha value is -1.40. The van der Waals surface area contributed by atoms with Crippen LogP contribution in [0.15, 0.2) is 40.0 Å². The topological polar surface area (TPSA) is 68.9 Å². The second-order valence-electron chi connectivity index (χ2n) is 4.35. The van der Waals surface area contributed by atoms with E-state index in [1.54, 1.807) is 18.2 Å². The van der Waals surface area contributed by atoms with E-state index in [1.807, 2.05) is 26.0 Å². The van der Waals surface area contributed by atoms with E-state index in [-0.39, 0.29) is 11.0 Å². The molecule has 1 atom stereocenters. The van der Waals surface area contributed by atoms with Crippen LogP contribution in [0.2, 0.25) is 0 Å². The number of nitrogens with zero attached hydrogens (tertiary/aromatic N) is 2. The first-order chi connectivity index (χ1) is 9.45. The number of carbonyl (C=O) groups is 1. The van der Waals surface area contributed by atoms with Crippen molar-refractivity contribution in [1.29, 1.82) is 0 Å². The molecule has 20 heavy (non-hydrogen) atoms. The summed E-state index contributed by atoms with van der Waals surface area (Å²) in [4.78, 5) is 20.7. The van der Waals surface area contributed by atoms with Gasteiger partial charge in [-0.1, -0.05) is 39.8 Å². The molecule has 1 heterocycles. The summed E-state index contributed by atoms with van der Waals surface area (Å²) >= 11 is 4.67. The Kier molecular flexibility index (Phi) is 4.77. The lowest BCUT2D eigenvalue weighted by Crippen LogP contribution is -2.14. The van der Waals surface area contributed by atoms with E-state index in [1.165, 1.54) is 11.8 Å². The molecule has 1 aromatic heterocycles. The largest absolute Gasteiger partial charge is 0.384 e. The van der Waals surface area contributed by atoms with Gasteiger partial charge in [0.2, 0.25) is 0 Å². The van der Waals surface area contributed by atoms with Crippen molar-refractivity contribution < 1.29 is 4.79 Å². The van der Waals surface area contributed by atoms with Crippen molar-refractivity contribution in [2.24, 2.45) is 0 Å². The van der Waals surface area contributed by atoms with Crippen LogP contribution in [-0.2, 0) is 0 Å². The molecule has 0 aliphatic heterocycles. The monoisotopic (exact) mass is 351 g/mol. The van der Waals surface area contributed by atoms with Crippen LogP contribution in [0.3, 0.4) is 0 Å². The van der Waals surface area contributed by atoms with Crippen LogP contribution in [-0.4, -0.2) is 21.0 Å². The molecule has 0 saturated carbocycles. The van der Waals surface area contributed by atoms with Crippen molar-refractivity contribution >= 4 is 39.3 Å². The van der Waals surface area contributed by atoms with Gasteiger partial charge in [-0.2, -0.15) is 0 Å². The maximum atomic E-state index is 12.3. The van der Waals surface area contributed by atoms with E-state index in [2.05, 4.69) is 25.9 Å². The van der Waals surface area contributed by atoms with Gasteiger partial charge in [0.05, 0.1) is 5.25 Å². The van der Waals surface area contributed by atoms with Crippen LogP contribution in [0, 0.1) is 6.92 Å². The van der Waals surface area contributed by atoms with Gasteiger partial charge in [-0.15, -0.1) is 0 Å². The first-order valence-corrected chi connectivity index (χ1v) is 7.70. The lowest BCUT2D eigenvalue weighted by Gasteiger charge is -2.10. The van der Waals surface area contributed by atoms with E-state index >= 15 is 0 Å². The third kappa shape index (κ3) is 3.80. The Balaban J connectivity index is 2.13. The number of aromatic nitrogens is 2. The zero-order valence-electron chi connectivity index (χ0n) is 11.1. The summed E-state index contributed by atoms with van der Waals surface area (Å²) in [6.07, 6.45) is 0. The van der Waals surface area contributed by atoms with Gasteiger partial charge in [0, 0.05) is 21.8 Å². The molecule has 6 heteroatoms. The molecule has 1 aromatic carbocycles. The minimum atomic E-state index is -0.266. The number of halogens is 1. The quantitative estimate of drug-likeness (QED) is 0.518. The number of aryl methyl sites for hydroxylation is 1. The van der Waals surface area contributed by atoms with E-state index < -0.39 is 0 Å². The van der Waals surface area contributed by atoms with Crippen LogP contribution < -0.4 is 5.73 Å². The van der Waals surface area contributed by atoms with Crippen LogP contribution >= 0.6 is 27.7 Å². The Morgan fingerprint density at radius 3 is 2.55 bits per heavy atom. The smallest absolute Gasteiger partial charge is 0.190 e.